The second-order valence-electron chi connectivity index (χ2n) is 4.62. The third kappa shape index (κ3) is 4.02. The van der Waals surface area contributed by atoms with Crippen LogP contribution in [0.5, 0.6) is 0 Å². The fraction of sp³-hybridized carbons (Fsp3) is 0.118. The van der Waals surface area contributed by atoms with Crippen LogP contribution >= 0.6 is 0 Å². The first-order chi connectivity index (χ1) is 10.2. The number of nitrogens with one attached hydrogen (secondary N) is 1. The van der Waals surface area contributed by atoms with Crippen LogP contribution in [-0.2, 0) is 4.79 Å². The zero-order valence-corrected chi connectivity index (χ0v) is 11.7. The van der Waals surface area contributed by atoms with E-state index < -0.39 is 11.8 Å². The van der Waals surface area contributed by atoms with E-state index in [2.05, 4.69) is 10.5 Å². The molecule has 0 aliphatic heterocycles. The zero-order valence-electron chi connectivity index (χ0n) is 11.7. The minimum atomic E-state index is -0.860. The molecule has 2 aromatic carbocycles. The quantitative estimate of drug-likeness (QED) is 0.689. The monoisotopic (exact) mass is 277 g/mol. The highest BCUT2D eigenvalue weighted by atomic mass is 16.2. The summed E-state index contributed by atoms with van der Waals surface area (Å²) in [6.07, 6.45) is 1.55. The Kier molecular flexibility index (Phi) is 4.84. The van der Waals surface area contributed by atoms with Gasteiger partial charge in [-0.05, 0) is 18.1 Å². The number of carbonyl (C=O) groups excluding carboxylic acids is 1. The Morgan fingerprint density at radius 1 is 1.19 bits per heavy atom. The Bertz CT molecular complexity index is 669. The van der Waals surface area contributed by atoms with Crippen LogP contribution in [0.1, 0.15) is 22.6 Å². The fourth-order valence-electron chi connectivity index (χ4n) is 1.82. The van der Waals surface area contributed by atoms with Gasteiger partial charge in [-0.15, -0.1) is 0 Å². The van der Waals surface area contributed by atoms with Gasteiger partial charge < -0.3 is 0 Å². The molecular formula is C17H15N3O. The molecule has 0 radical (unpaired) electrons. The summed E-state index contributed by atoms with van der Waals surface area (Å²) in [6, 6.07) is 18.7. The van der Waals surface area contributed by atoms with Crippen molar-refractivity contribution >= 4 is 12.1 Å². The zero-order chi connectivity index (χ0) is 15.1. The number of nitrogens with zero attached hydrogens (tertiary/aromatic N) is 2. The molecular weight excluding hydrogens is 262 g/mol. The fourth-order valence-corrected chi connectivity index (χ4v) is 1.82. The second-order valence-corrected chi connectivity index (χ2v) is 4.62. The third-order valence-corrected chi connectivity index (χ3v) is 2.99. The van der Waals surface area contributed by atoms with Gasteiger partial charge in [0.1, 0.15) is 0 Å². The van der Waals surface area contributed by atoms with Crippen molar-refractivity contribution in [2.45, 2.75) is 12.8 Å². The van der Waals surface area contributed by atoms with Crippen LogP contribution in [0.15, 0.2) is 59.7 Å². The van der Waals surface area contributed by atoms with Crippen molar-refractivity contribution in [2.75, 3.05) is 0 Å². The van der Waals surface area contributed by atoms with Crippen LogP contribution in [0, 0.1) is 18.3 Å². The van der Waals surface area contributed by atoms with E-state index in [-0.39, 0.29) is 0 Å². The van der Waals surface area contributed by atoms with Gasteiger partial charge in [0.25, 0.3) is 5.91 Å². The van der Waals surface area contributed by atoms with E-state index in [1.54, 1.807) is 30.5 Å². The van der Waals surface area contributed by atoms with Crippen molar-refractivity contribution in [3.05, 3.63) is 71.3 Å². The van der Waals surface area contributed by atoms with Crippen molar-refractivity contribution in [3.8, 4) is 6.07 Å². The number of amides is 1. The van der Waals surface area contributed by atoms with E-state index >= 15 is 0 Å². The molecule has 0 spiro atoms. The molecule has 1 atom stereocenters. The molecule has 0 bridgehead atoms. The molecule has 0 saturated carbocycles. The minimum absolute atomic E-state index is 0.438. The molecule has 4 heteroatoms. The van der Waals surface area contributed by atoms with Crippen LogP contribution in [-0.4, -0.2) is 12.1 Å². The van der Waals surface area contributed by atoms with E-state index in [0.29, 0.717) is 5.56 Å². The van der Waals surface area contributed by atoms with Crippen molar-refractivity contribution in [2.24, 2.45) is 5.10 Å². The molecule has 2 rings (SSSR count). The lowest BCUT2D eigenvalue weighted by Gasteiger charge is -2.07. The molecule has 0 aliphatic rings. The van der Waals surface area contributed by atoms with Gasteiger partial charge in [-0.1, -0.05) is 60.2 Å². The molecule has 0 fully saturated rings. The number of benzene rings is 2. The number of hydrogen-bond donors (Lipinski definition) is 1. The number of aryl methyl sites for hydroxylation is 1. The lowest BCUT2D eigenvalue weighted by molar-refractivity contribution is -0.121. The highest BCUT2D eigenvalue weighted by Crippen LogP contribution is 2.14. The summed E-state index contributed by atoms with van der Waals surface area (Å²) in [6.45, 7) is 2.00. The summed E-state index contributed by atoms with van der Waals surface area (Å²) in [5.41, 5.74) is 5.10. The Labute approximate surface area is 123 Å². The van der Waals surface area contributed by atoms with E-state index in [0.717, 1.165) is 11.1 Å². The number of rotatable bonds is 4. The van der Waals surface area contributed by atoms with Gasteiger partial charge in [0.2, 0.25) is 0 Å². The van der Waals surface area contributed by atoms with Gasteiger partial charge in [-0.2, -0.15) is 10.4 Å². The summed E-state index contributed by atoms with van der Waals surface area (Å²) in [5, 5.41) is 13.0. The molecule has 0 aliphatic carbocycles. The molecule has 1 amide bonds. The smallest absolute Gasteiger partial charge is 0.261 e. The van der Waals surface area contributed by atoms with Crippen molar-refractivity contribution in [1.82, 2.24) is 5.43 Å². The highest BCUT2D eigenvalue weighted by molar-refractivity contribution is 5.88. The normalized spacial score (nSPS) is 11.8. The average molecular weight is 277 g/mol. The molecule has 0 aromatic heterocycles. The van der Waals surface area contributed by atoms with Gasteiger partial charge in [0.15, 0.2) is 5.92 Å². The van der Waals surface area contributed by atoms with Gasteiger partial charge in [0, 0.05) is 0 Å². The van der Waals surface area contributed by atoms with Gasteiger partial charge >= 0.3 is 0 Å². The van der Waals surface area contributed by atoms with E-state index in [4.69, 9.17) is 5.26 Å². The Balaban J connectivity index is 2.01. The molecule has 104 valence electrons. The van der Waals surface area contributed by atoms with Gasteiger partial charge in [-0.25, -0.2) is 5.43 Å². The second kappa shape index (κ2) is 7.01. The van der Waals surface area contributed by atoms with Gasteiger partial charge in [0.05, 0.1) is 12.3 Å². The molecule has 4 nitrogen and oxygen atoms in total. The third-order valence-electron chi connectivity index (χ3n) is 2.99. The SMILES string of the molecule is Cc1ccc(/C=N\NC(=O)[C@@H](C#N)c2ccccc2)cc1. The molecule has 0 heterocycles. The molecule has 0 saturated heterocycles. The van der Waals surface area contributed by atoms with Crippen molar-refractivity contribution in [3.63, 3.8) is 0 Å². The maximum atomic E-state index is 12.0. The predicted octanol–water partition coefficient (Wildman–Crippen LogP) is 2.75. The van der Waals surface area contributed by atoms with E-state index in [1.807, 2.05) is 43.3 Å². The summed E-state index contributed by atoms with van der Waals surface area (Å²) in [4.78, 5) is 12.0. The van der Waals surface area contributed by atoms with E-state index in [9.17, 15) is 4.79 Å². The topological polar surface area (TPSA) is 65.2 Å². The first-order valence-corrected chi connectivity index (χ1v) is 6.55. The number of hydrogen-bond acceptors (Lipinski definition) is 3. The molecule has 21 heavy (non-hydrogen) atoms. The first kappa shape index (κ1) is 14.5. The van der Waals surface area contributed by atoms with Crippen LogP contribution < -0.4 is 5.43 Å². The largest absolute Gasteiger partial charge is 0.271 e. The van der Waals surface area contributed by atoms with Crippen LogP contribution in [0.2, 0.25) is 0 Å². The summed E-state index contributed by atoms with van der Waals surface area (Å²) in [5.74, 6) is -1.30. The lowest BCUT2D eigenvalue weighted by atomic mass is 10.0. The summed E-state index contributed by atoms with van der Waals surface area (Å²) < 4.78 is 0. The van der Waals surface area contributed by atoms with E-state index in [1.165, 1.54) is 0 Å². The average Bonchev–Trinajstić information content (AvgIpc) is 2.51. The lowest BCUT2D eigenvalue weighted by Crippen LogP contribution is -2.24. The number of hydrazone groups is 1. The Hall–Kier alpha value is -2.93. The number of carbonyl (C=O) groups is 1. The summed E-state index contributed by atoms with van der Waals surface area (Å²) in [7, 11) is 0. The number of nitriles is 1. The van der Waals surface area contributed by atoms with Crippen molar-refractivity contribution in [1.29, 1.82) is 5.26 Å². The summed E-state index contributed by atoms with van der Waals surface area (Å²) >= 11 is 0. The Morgan fingerprint density at radius 2 is 1.86 bits per heavy atom. The highest BCUT2D eigenvalue weighted by Gasteiger charge is 2.19. The molecule has 0 unspecified atom stereocenters. The maximum absolute atomic E-state index is 12.0. The van der Waals surface area contributed by atoms with Crippen molar-refractivity contribution < 1.29 is 4.79 Å². The standard InChI is InChI=1S/C17H15N3O/c1-13-7-9-14(10-8-13)12-19-20-17(21)16(11-18)15-5-3-2-4-6-15/h2-10,12,16H,1H3,(H,20,21)/b19-12-/t16-/m0/s1. The Morgan fingerprint density at radius 3 is 2.48 bits per heavy atom. The minimum Gasteiger partial charge on any atom is -0.271 e. The van der Waals surface area contributed by atoms with Crippen LogP contribution in [0.4, 0.5) is 0 Å². The molecule has 2 aromatic rings. The van der Waals surface area contributed by atoms with Gasteiger partial charge in [-0.3, -0.25) is 4.79 Å². The van der Waals surface area contributed by atoms with Crippen LogP contribution in [0.25, 0.3) is 0 Å². The van der Waals surface area contributed by atoms with Crippen LogP contribution in [0.3, 0.4) is 0 Å². The predicted molar refractivity (Wildman–Crippen MR) is 81.7 cm³/mol. The maximum Gasteiger partial charge on any atom is 0.261 e. The first-order valence-electron chi connectivity index (χ1n) is 6.55. The molecule has 1 N–H and O–H groups in total.